The lowest BCUT2D eigenvalue weighted by Crippen LogP contribution is -2.34. The van der Waals surface area contributed by atoms with Crippen molar-refractivity contribution in [3.8, 4) is 0 Å². The van der Waals surface area contributed by atoms with Crippen LogP contribution in [0.4, 0.5) is 0 Å². The second kappa shape index (κ2) is 6.96. The lowest BCUT2D eigenvalue weighted by Gasteiger charge is -2.10. The molecule has 1 aromatic rings. The highest BCUT2D eigenvalue weighted by Gasteiger charge is 2.15. The Labute approximate surface area is 118 Å². The second-order valence-corrected chi connectivity index (χ2v) is 5.86. The summed E-state index contributed by atoms with van der Waals surface area (Å²) < 4.78 is 4.89. The predicted octanol–water partition coefficient (Wildman–Crippen LogP) is 2.30. The first-order valence-electron chi connectivity index (χ1n) is 6.81. The maximum Gasteiger partial charge on any atom is 0.323 e. The highest BCUT2D eigenvalue weighted by Crippen LogP contribution is 2.24. The number of fused-ring (bicyclic) bond motifs is 1. The zero-order valence-corrected chi connectivity index (χ0v) is 12.2. The molecule has 1 atom stereocenters. The Balaban J connectivity index is 1.78. The van der Waals surface area contributed by atoms with Gasteiger partial charge >= 0.3 is 5.97 Å². The van der Waals surface area contributed by atoms with Crippen LogP contribution in [0.3, 0.4) is 0 Å². The van der Waals surface area contributed by atoms with Crippen LogP contribution in [0, 0.1) is 0 Å². The number of hydrogen-bond donors (Lipinski definition) is 1. The first-order chi connectivity index (χ1) is 9.20. The maximum absolute atomic E-state index is 11.4. The lowest BCUT2D eigenvalue weighted by atomic mass is 10.1. The molecule has 0 heterocycles. The lowest BCUT2D eigenvalue weighted by molar-refractivity contribution is -0.144. The molecule has 0 amide bonds. The van der Waals surface area contributed by atoms with E-state index < -0.39 is 6.04 Å². The largest absolute Gasteiger partial charge is 0.465 e. The van der Waals surface area contributed by atoms with Crippen LogP contribution in [0.25, 0.3) is 0 Å². The highest BCUT2D eigenvalue weighted by molar-refractivity contribution is 7.98. The maximum atomic E-state index is 11.4. The Kier molecular flexibility index (Phi) is 5.28. The Hall–Kier alpha value is -1.00. The van der Waals surface area contributed by atoms with Crippen molar-refractivity contribution in [3.63, 3.8) is 0 Å². The number of ether oxygens (including phenoxy) is 1. The standard InChI is InChI=1S/C15H21NO2S/c1-2-18-15(17)14(16)10-19-9-11-6-7-12-4-3-5-13(12)8-11/h6-8,14H,2-5,9-10,16H2,1H3. The van der Waals surface area contributed by atoms with Gasteiger partial charge in [0.05, 0.1) is 6.61 Å². The number of esters is 1. The molecular formula is C15H21NO2S. The first-order valence-corrected chi connectivity index (χ1v) is 7.97. The smallest absolute Gasteiger partial charge is 0.323 e. The van der Waals surface area contributed by atoms with Crippen LogP contribution >= 0.6 is 11.8 Å². The van der Waals surface area contributed by atoms with Gasteiger partial charge < -0.3 is 10.5 Å². The van der Waals surface area contributed by atoms with E-state index in [0.717, 1.165) is 5.75 Å². The van der Waals surface area contributed by atoms with Crippen molar-refractivity contribution in [3.05, 3.63) is 34.9 Å². The number of nitrogens with two attached hydrogens (primary N) is 1. The normalized spacial score (nSPS) is 15.1. The van der Waals surface area contributed by atoms with E-state index in [-0.39, 0.29) is 5.97 Å². The second-order valence-electron chi connectivity index (χ2n) is 4.83. The number of carbonyl (C=O) groups is 1. The van der Waals surface area contributed by atoms with E-state index in [4.69, 9.17) is 10.5 Å². The predicted molar refractivity (Wildman–Crippen MR) is 79.2 cm³/mol. The molecule has 0 saturated heterocycles. The van der Waals surface area contributed by atoms with E-state index >= 15 is 0 Å². The Morgan fingerprint density at radius 2 is 2.21 bits per heavy atom. The van der Waals surface area contributed by atoms with Crippen molar-refractivity contribution in [2.75, 3.05) is 12.4 Å². The molecule has 2 N–H and O–H groups in total. The van der Waals surface area contributed by atoms with Crippen LogP contribution in [-0.4, -0.2) is 24.4 Å². The molecule has 1 aliphatic rings. The van der Waals surface area contributed by atoms with Crippen LogP contribution in [0.5, 0.6) is 0 Å². The SMILES string of the molecule is CCOC(=O)C(N)CSCc1ccc2c(c1)CCC2. The Morgan fingerprint density at radius 1 is 1.42 bits per heavy atom. The van der Waals surface area contributed by atoms with Gasteiger partial charge in [0.1, 0.15) is 6.04 Å². The summed E-state index contributed by atoms with van der Waals surface area (Å²) in [5.74, 6) is 1.21. The summed E-state index contributed by atoms with van der Waals surface area (Å²) in [6.45, 7) is 2.18. The summed E-state index contributed by atoms with van der Waals surface area (Å²) in [7, 11) is 0. The van der Waals surface area contributed by atoms with Crippen molar-refractivity contribution in [2.24, 2.45) is 5.73 Å². The van der Waals surface area contributed by atoms with Crippen molar-refractivity contribution in [1.82, 2.24) is 0 Å². The zero-order chi connectivity index (χ0) is 13.7. The summed E-state index contributed by atoms with van der Waals surface area (Å²) in [5, 5.41) is 0. The third kappa shape index (κ3) is 3.98. The molecule has 0 saturated carbocycles. The van der Waals surface area contributed by atoms with Crippen LogP contribution in [0.15, 0.2) is 18.2 Å². The number of thioether (sulfide) groups is 1. The van der Waals surface area contributed by atoms with Gasteiger partial charge in [-0.3, -0.25) is 4.79 Å². The molecule has 0 aliphatic heterocycles. The molecular weight excluding hydrogens is 258 g/mol. The minimum atomic E-state index is -0.514. The molecule has 104 valence electrons. The Morgan fingerprint density at radius 3 is 3.00 bits per heavy atom. The van der Waals surface area contributed by atoms with E-state index in [9.17, 15) is 4.79 Å². The van der Waals surface area contributed by atoms with Gasteiger partial charge in [-0.1, -0.05) is 18.2 Å². The van der Waals surface area contributed by atoms with Gasteiger partial charge in [-0.2, -0.15) is 11.8 Å². The minimum Gasteiger partial charge on any atom is -0.465 e. The highest BCUT2D eigenvalue weighted by atomic mass is 32.2. The fourth-order valence-corrected chi connectivity index (χ4v) is 3.26. The van der Waals surface area contributed by atoms with E-state index in [1.165, 1.54) is 36.0 Å². The van der Waals surface area contributed by atoms with Gasteiger partial charge in [0.15, 0.2) is 0 Å². The van der Waals surface area contributed by atoms with Crippen molar-refractivity contribution in [1.29, 1.82) is 0 Å². The van der Waals surface area contributed by atoms with Gasteiger partial charge in [-0.25, -0.2) is 0 Å². The molecule has 1 aromatic carbocycles. The third-order valence-corrected chi connectivity index (χ3v) is 4.45. The molecule has 19 heavy (non-hydrogen) atoms. The average molecular weight is 279 g/mol. The van der Waals surface area contributed by atoms with Crippen molar-refractivity contribution < 1.29 is 9.53 Å². The molecule has 0 radical (unpaired) electrons. The Bertz CT molecular complexity index is 448. The van der Waals surface area contributed by atoms with E-state index in [2.05, 4.69) is 18.2 Å². The fourth-order valence-electron chi connectivity index (χ4n) is 2.34. The quantitative estimate of drug-likeness (QED) is 0.812. The molecule has 3 nitrogen and oxygen atoms in total. The molecule has 0 spiro atoms. The van der Waals surface area contributed by atoms with Crippen LogP contribution in [-0.2, 0) is 28.1 Å². The summed E-state index contributed by atoms with van der Waals surface area (Å²) in [6.07, 6.45) is 3.70. The summed E-state index contributed by atoms with van der Waals surface area (Å²) in [6, 6.07) is 6.21. The number of hydrogen-bond acceptors (Lipinski definition) is 4. The number of aryl methyl sites for hydroxylation is 2. The summed E-state index contributed by atoms with van der Waals surface area (Å²) in [5.41, 5.74) is 10.1. The summed E-state index contributed by atoms with van der Waals surface area (Å²) >= 11 is 1.69. The average Bonchev–Trinajstić information content (AvgIpc) is 2.86. The van der Waals surface area contributed by atoms with Crippen molar-refractivity contribution in [2.45, 2.75) is 38.0 Å². The molecule has 4 heteroatoms. The number of benzene rings is 1. The van der Waals surface area contributed by atoms with Gasteiger partial charge in [-0.15, -0.1) is 0 Å². The van der Waals surface area contributed by atoms with Gasteiger partial charge in [-0.05, 0) is 42.9 Å². The van der Waals surface area contributed by atoms with E-state index in [1.54, 1.807) is 18.7 Å². The van der Waals surface area contributed by atoms with Gasteiger partial charge in [0, 0.05) is 11.5 Å². The van der Waals surface area contributed by atoms with Crippen LogP contribution < -0.4 is 5.73 Å². The van der Waals surface area contributed by atoms with E-state index in [0.29, 0.717) is 12.4 Å². The van der Waals surface area contributed by atoms with Gasteiger partial charge in [0.2, 0.25) is 0 Å². The number of rotatable bonds is 6. The fraction of sp³-hybridized carbons (Fsp3) is 0.533. The van der Waals surface area contributed by atoms with Crippen LogP contribution in [0.1, 0.15) is 30.0 Å². The monoisotopic (exact) mass is 279 g/mol. The summed E-state index contributed by atoms with van der Waals surface area (Å²) in [4.78, 5) is 11.4. The number of carbonyl (C=O) groups excluding carboxylic acids is 1. The minimum absolute atomic E-state index is 0.302. The topological polar surface area (TPSA) is 52.3 Å². The first kappa shape index (κ1) is 14.4. The molecule has 0 bridgehead atoms. The van der Waals surface area contributed by atoms with Gasteiger partial charge in [0.25, 0.3) is 0 Å². The zero-order valence-electron chi connectivity index (χ0n) is 11.4. The van der Waals surface area contributed by atoms with Crippen molar-refractivity contribution >= 4 is 17.7 Å². The molecule has 0 aromatic heterocycles. The molecule has 0 fully saturated rings. The molecule has 2 rings (SSSR count). The third-order valence-electron chi connectivity index (χ3n) is 3.32. The van der Waals surface area contributed by atoms with Crippen LogP contribution in [0.2, 0.25) is 0 Å². The van der Waals surface area contributed by atoms with E-state index in [1.807, 2.05) is 0 Å². The molecule has 1 unspecified atom stereocenters. The molecule has 1 aliphatic carbocycles.